The largest absolute Gasteiger partial charge is 0.497 e. The zero-order valence-corrected chi connectivity index (χ0v) is 20.1. The third kappa shape index (κ3) is 7.61. The molecule has 2 atom stereocenters. The Bertz CT molecular complexity index is 606. The van der Waals surface area contributed by atoms with Gasteiger partial charge in [0.1, 0.15) is 11.9 Å². The van der Waals surface area contributed by atoms with Gasteiger partial charge in [0.2, 0.25) is 0 Å². The minimum absolute atomic E-state index is 0. The van der Waals surface area contributed by atoms with E-state index in [1.165, 1.54) is 5.56 Å². The molecule has 0 spiro atoms. The zero-order valence-electron chi connectivity index (χ0n) is 17.8. The second kappa shape index (κ2) is 13.3. The number of nitrogens with one attached hydrogen (secondary N) is 1. The summed E-state index contributed by atoms with van der Waals surface area (Å²) in [6.45, 7) is 7.22. The molecule has 1 N–H and O–H groups in total. The van der Waals surface area contributed by atoms with E-state index in [0.29, 0.717) is 0 Å². The number of aryl methyl sites for hydroxylation is 1. The van der Waals surface area contributed by atoms with E-state index in [9.17, 15) is 0 Å². The molecule has 0 aliphatic carbocycles. The third-order valence-corrected chi connectivity index (χ3v) is 5.40. The van der Waals surface area contributed by atoms with Crippen molar-refractivity contribution in [3.05, 3.63) is 29.8 Å². The van der Waals surface area contributed by atoms with Crippen LogP contribution in [0, 0.1) is 0 Å². The van der Waals surface area contributed by atoms with Crippen molar-refractivity contribution in [3.63, 3.8) is 0 Å². The van der Waals surface area contributed by atoms with Crippen molar-refractivity contribution in [2.24, 2.45) is 4.99 Å². The lowest BCUT2D eigenvalue weighted by Crippen LogP contribution is -2.53. The van der Waals surface area contributed by atoms with Crippen LogP contribution in [0.3, 0.4) is 0 Å². The molecule has 164 valence electrons. The Kier molecular flexibility index (Phi) is 11.1. The van der Waals surface area contributed by atoms with Gasteiger partial charge in [-0.1, -0.05) is 12.1 Å². The number of rotatable bonds is 8. The van der Waals surface area contributed by atoms with Crippen LogP contribution in [0.4, 0.5) is 0 Å². The Balaban J connectivity index is 0.00000300. The highest BCUT2D eigenvalue weighted by Crippen LogP contribution is 2.21. The van der Waals surface area contributed by atoms with Crippen molar-refractivity contribution in [2.45, 2.75) is 51.2 Å². The molecule has 2 aliphatic rings. The van der Waals surface area contributed by atoms with Gasteiger partial charge in [0.25, 0.3) is 0 Å². The number of guanidine groups is 1. The summed E-state index contributed by atoms with van der Waals surface area (Å²) >= 11 is 0. The van der Waals surface area contributed by atoms with Gasteiger partial charge in [0.15, 0.2) is 5.96 Å². The summed E-state index contributed by atoms with van der Waals surface area (Å²) in [4.78, 5) is 7.21. The molecule has 2 unspecified atom stereocenters. The molecule has 29 heavy (non-hydrogen) atoms. The lowest BCUT2D eigenvalue weighted by molar-refractivity contribution is -0.0817. The van der Waals surface area contributed by atoms with Crippen molar-refractivity contribution in [2.75, 3.05) is 46.5 Å². The third-order valence-electron chi connectivity index (χ3n) is 5.40. The van der Waals surface area contributed by atoms with Crippen LogP contribution in [0.25, 0.3) is 0 Å². The highest BCUT2D eigenvalue weighted by molar-refractivity contribution is 14.0. The summed E-state index contributed by atoms with van der Waals surface area (Å²) in [7, 11) is 1.70. The van der Waals surface area contributed by atoms with Crippen LogP contribution in [0.2, 0.25) is 0 Å². The minimum Gasteiger partial charge on any atom is -0.497 e. The van der Waals surface area contributed by atoms with Crippen molar-refractivity contribution < 1.29 is 14.2 Å². The summed E-state index contributed by atoms with van der Waals surface area (Å²) in [5.41, 5.74) is 1.35. The maximum absolute atomic E-state index is 5.97. The number of nitrogens with zero attached hydrogens (tertiary/aromatic N) is 2. The van der Waals surface area contributed by atoms with E-state index in [1.807, 2.05) is 12.1 Å². The first-order chi connectivity index (χ1) is 13.8. The molecule has 0 amide bonds. The number of halogens is 1. The minimum atomic E-state index is 0. The fourth-order valence-corrected chi connectivity index (χ4v) is 3.83. The number of ether oxygens (including phenoxy) is 3. The predicted molar refractivity (Wildman–Crippen MR) is 128 cm³/mol. The number of methoxy groups -OCH3 is 1. The molecule has 0 bridgehead atoms. The van der Waals surface area contributed by atoms with Crippen LogP contribution >= 0.6 is 24.0 Å². The smallest absolute Gasteiger partial charge is 0.194 e. The van der Waals surface area contributed by atoms with E-state index in [0.717, 1.165) is 83.2 Å². The van der Waals surface area contributed by atoms with Crippen LogP contribution in [-0.4, -0.2) is 69.6 Å². The first-order valence-corrected chi connectivity index (χ1v) is 10.7. The molecule has 2 saturated heterocycles. The van der Waals surface area contributed by atoms with Gasteiger partial charge in [-0.15, -0.1) is 24.0 Å². The van der Waals surface area contributed by atoms with Crippen LogP contribution in [-0.2, 0) is 15.9 Å². The fraction of sp³-hybridized carbons (Fsp3) is 0.682. The van der Waals surface area contributed by atoms with Gasteiger partial charge in [0, 0.05) is 32.8 Å². The summed E-state index contributed by atoms with van der Waals surface area (Å²) in [5.74, 6) is 1.92. The Labute approximate surface area is 192 Å². The van der Waals surface area contributed by atoms with Gasteiger partial charge in [-0.05, 0) is 56.7 Å². The monoisotopic (exact) mass is 517 g/mol. The van der Waals surface area contributed by atoms with Crippen molar-refractivity contribution >= 4 is 29.9 Å². The van der Waals surface area contributed by atoms with Gasteiger partial charge >= 0.3 is 0 Å². The number of hydrogen-bond donors (Lipinski definition) is 1. The second-order valence-electron chi connectivity index (χ2n) is 7.45. The Morgan fingerprint density at radius 2 is 1.97 bits per heavy atom. The van der Waals surface area contributed by atoms with E-state index in [4.69, 9.17) is 19.2 Å². The zero-order chi connectivity index (χ0) is 19.6. The SMILES string of the molecule is CCNC(=NCCCCc1ccc(OC)cc1)N1CCOC(C2CCCO2)C1.I. The van der Waals surface area contributed by atoms with E-state index >= 15 is 0 Å². The lowest BCUT2D eigenvalue weighted by atomic mass is 10.1. The van der Waals surface area contributed by atoms with Gasteiger partial charge in [-0.3, -0.25) is 4.99 Å². The quantitative estimate of drug-likeness (QED) is 0.248. The molecule has 0 radical (unpaired) electrons. The van der Waals surface area contributed by atoms with Crippen LogP contribution < -0.4 is 10.1 Å². The van der Waals surface area contributed by atoms with Crippen LogP contribution in [0.5, 0.6) is 5.75 Å². The van der Waals surface area contributed by atoms with Gasteiger partial charge in [-0.25, -0.2) is 0 Å². The first-order valence-electron chi connectivity index (χ1n) is 10.7. The number of hydrogen-bond acceptors (Lipinski definition) is 4. The molecular formula is C22H36IN3O3. The number of aliphatic imine (C=N–C) groups is 1. The Morgan fingerprint density at radius 3 is 2.66 bits per heavy atom. The number of benzene rings is 1. The molecule has 0 aromatic heterocycles. The average Bonchev–Trinajstić information content (AvgIpc) is 3.28. The summed E-state index contributed by atoms with van der Waals surface area (Å²) in [5, 5.41) is 3.45. The van der Waals surface area contributed by atoms with E-state index in [2.05, 4.69) is 29.3 Å². The van der Waals surface area contributed by atoms with Crippen LogP contribution in [0.1, 0.15) is 38.2 Å². The molecule has 6 nitrogen and oxygen atoms in total. The highest BCUT2D eigenvalue weighted by Gasteiger charge is 2.32. The molecular weight excluding hydrogens is 481 g/mol. The fourth-order valence-electron chi connectivity index (χ4n) is 3.83. The second-order valence-corrected chi connectivity index (χ2v) is 7.45. The molecule has 2 aliphatic heterocycles. The molecule has 3 rings (SSSR count). The standard InChI is InChI=1S/C22H35N3O3.HI/c1-3-23-22(25-14-16-28-21(17-25)20-8-6-15-27-20)24-13-5-4-7-18-9-11-19(26-2)12-10-18;/h9-12,20-21H,3-8,13-17H2,1-2H3,(H,23,24);1H. The van der Waals surface area contributed by atoms with E-state index in [1.54, 1.807) is 7.11 Å². The van der Waals surface area contributed by atoms with Crippen molar-refractivity contribution in [1.29, 1.82) is 0 Å². The normalized spacial score (nSPS) is 22.3. The molecule has 2 fully saturated rings. The number of unbranched alkanes of at least 4 members (excludes halogenated alkanes) is 1. The summed E-state index contributed by atoms with van der Waals surface area (Å²) < 4.78 is 17.0. The first kappa shape index (κ1) is 24.2. The average molecular weight is 517 g/mol. The topological polar surface area (TPSA) is 55.3 Å². The highest BCUT2D eigenvalue weighted by atomic mass is 127. The molecule has 2 heterocycles. The number of morpholine rings is 1. The van der Waals surface area contributed by atoms with Gasteiger partial charge in [-0.2, -0.15) is 0 Å². The van der Waals surface area contributed by atoms with Gasteiger partial charge < -0.3 is 24.4 Å². The van der Waals surface area contributed by atoms with Crippen molar-refractivity contribution in [3.8, 4) is 5.75 Å². The van der Waals surface area contributed by atoms with E-state index in [-0.39, 0.29) is 36.2 Å². The Hall–Kier alpha value is -1.06. The maximum atomic E-state index is 5.97. The molecule has 0 saturated carbocycles. The lowest BCUT2D eigenvalue weighted by Gasteiger charge is -2.37. The van der Waals surface area contributed by atoms with Gasteiger partial charge in [0.05, 0.1) is 19.8 Å². The predicted octanol–water partition coefficient (Wildman–Crippen LogP) is 3.48. The summed E-state index contributed by atoms with van der Waals surface area (Å²) in [6, 6.07) is 8.34. The molecule has 1 aromatic rings. The molecule has 1 aromatic carbocycles. The van der Waals surface area contributed by atoms with E-state index < -0.39 is 0 Å². The Morgan fingerprint density at radius 1 is 1.17 bits per heavy atom. The van der Waals surface area contributed by atoms with Crippen LogP contribution in [0.15, 0.2) is 29.3 Å². The summed E-state index contributed by atoms with van der Waals surface area (Å²) in [6.07, 6.45) is 5.96. The maximum Gasteiger partial charge on any atom is 0.194 e. The molecule has 7 heteroatoms. The van der Waals surface area contributed by atoms with Crippen molar-refractivity contribution in [1.82, 2.24) is 10.2 Å².